The van der Waals surface area contributed by atoms with E-state index in [4.69, 9.17) is 11.5 Å². The minimum Gasteiger partial charge on any atom is -0.330 e. The number of hydrogen-bond donors (Lipinski definition) is 2. The van der Waals surface area contributed by atoms with E-state index in [9.17, 15) is 0 Å². The van der Waals surface area contributed by atoms with Gasteiger partial charge in [-0.25, -0.2) is 0 Å². The molecule has 1 unspecified atom stereocenters. The van der Waals surface area contributed by atoms with Crippen LogP contribution in [-0.2, 0) is 0 Å². The summed E-state index contributed by atoms with van der Waals surface area (Å²) in [7, 11) is 0. The lowest BCUT2D eigenvalue weighted by molar-refractivity contribution is 0.534. The lowest BCUT2D eigenvalue weighted by Gasteiger charge is -2.06. The van der Waals surface area contributed by atoms with Gasteiger partial charge in [0.2, 0.25) is 0 Å². The molecule has 0 fully saturated rings. The highest BCUT2D eigenvalue weighted by Gasteiger charge is 1.97. The maximum Gasteiger partial charge on any atom is 0.00362 e. The molecule has 0 rings (SSSR count). The van der Waals surface area contributed by atoms with E-state index in [1.165, 1.54) is 32.1 Å². The van der Waals surface area contributed by atoms with Crippen molar-refractivity contribution in [1.82, 2.24) is 0 Å². The smallest absolute Gasteiger partial charge is 0.00362 e. The van der Waals surface area contributed by atoms with Crippen LogP contribution in [0.2, 0.25) is 0 Å². The van der Waals surface area contributed by atoms with Crippen molar-refractivity contribution < 1.29 is 0 Å². The van der Waals surface area contributed by atoms with Crippen molar-refractivity contribution in [3.63, 3.8) is 0 Å². The van der Waals surface area contributed by atoms with Gasteiger partial charge >= 0.3 is 0 Å². The topological polar surface area (TPSA) is 52.0 Å². The summed E-state index contributed by atoms with van der Waals surface area (Å²) in [5.41, 5.74) is 11.1. The Balaban J connectivity index is 2.89. The van der Waals surface area contributed by atoms with Crippen LogP contribution in [0.25, 0.3) is 0 Å². The van der Waals surface area contributed by atoms with Crippen molar-refractivity contribution in [2.24, 2.45) is 11.5 Å². The van der Waals surface area contributed by atoms with Crippen molar-refractivity contribution in [1.29, 1.82) is 0 Å². The summed E-state index contributed by atoms with van der Waals surface area (Å²) in [6.45, 7) is 2.98. The zero-order valence-corrected chi connectivity index (χ0v) is 7.68. The quantitative estimate of drug-likeness (QED) is 0.553. The Hall–Kier alpha value is -0.0800. The van der Waals surface area contributed by atoms with E-state index in [0.717, 1.165) is 13.0 Å². The van der Waals surface area contributed by atoms with Crippen LogP contribution in [0.1, 0.15) is 45.4 Å². The third-order valence-corrected chi connectivity index (χ3v) is 2.05. The first kappa shape index (κ1) is 10.9. The molecule has 4 N–H and O–H groups in total. The Morgan fingerprint density at radius 2 is 1.73 bits per heavy atom. The van der Waals surface area contributed by atoms with Crippen LogP contribution in [0.15, 0.2) is 0 Å². The van der Waals surface area contributed by atoms with E-state index < -0.39 is 0 Å². The monoisotopic (exact) mass is 158 g/mol. The molecule has 0 saturated carbocycles. The standard InChI is InChI=1S/C9H22N2/c1-2-9(11)7-5-3-4-6-8-10/h9H,2-8,10-11H2,1H3. The van der Waals surface area contributed by atoms with Crippen molar-refractivity contribution in [3.05, 3.63) is 0 Å². The van der Waals surface area contributed by atoms with Crippen molar-refractivity contribution in [2.45, 2.75) is 51.5 Å². The van der Waals surface area contributed by atoms with Gasteiger partial charge < -0.3 is 11.5 Å². The fraction of sp³-hybridized carbons (Fsp3) is 1.00. The van der Waals surface area contributed by atoms with Gasteiger partial charge in [0.05, 0.1) is 0 Å². The number of rotatable bonds is 7. The molecule has 68 valence electrons. The SMILES string of the molecule is CCC(N)CCCCCCN. The molecule has 0 aromatic carbocycles. The van der Waals surface area contributed by atoms with Crippen molar-refractivity contribution >= 4 is 0 Å². The first-order valence-corrected chi connectivity index (χ1v) is 4.77. The van der Waals surface area contributed by atoms with Gasteiger partial charge in [-0.3, -0.25) is 0 Å². The van der Waals surface area contributed by atoms with Crippen LogP contribution in [0.5, 0.6) is 0 Å². The Morgan fingerprint density at radius 1 is 1.09 bits per heavy atom. The maximum atomic E-state index is 5.76. The molecule has 0 aromatic rings. The van der Waals surface area contributed by atoms with E-state index in [-0.39, 0.29) is 0 Å². The molecule has 1 atom stereocenters. The van der Waals surface area contributed by atoms with Crippen LogP contribution in [0, 0.1) is 0 Å². The third-order valence-electron chi connectivity index (χ3n) is 2.05. The van der Waals surface area contributed by atoms with E-state index >= 15 is 0 Å². The van der Waals surface area contributed by atoms with Crippen LogP contribution in [0.3, 0.4) is 0 Å². The zero-order chi connectivity index (χ0) is 8.53. The van der Waals surface area contributed by atoms with Gasteiger partial charge in [-0.1, -0.05) is 26.2 Å². The highest BCUT2D eigenvalue weighted by atomic mass is 14.6. The van der Waals surface area contributed by atoms with Gasteiger partial charge in [0.25, 0.3) is 0 Å². The molecular weight excluding hydrogens is 136 g/mol. The zero-order valence-electron chi connectivity index (χ0n) is 7.68. The highest BCUT2D eigenvalue weighted by Crippen LogP contribution is 2.05. The van der Waals surface area contributed by atoms with Crippen molar-refractivity contribution in [3.8, 4) is 0 Å². The van der Waals surface area contributed by atoms with Gasteiger partial charge in [-0.2, -0.15) is 0 Å². The largest absolute Gasteiger partial charge is 0.330 e. The molecule has 0 aromatic heterocycles. The average molecular weight is 158 g/mol. The lowest BCUT2D eigenvalue weighted by Crippen LogP contribution is -2.17. The summed E-state index contributed by atoms with van der Waals surface area (Å²) < 4.78 is 0. The molecule has 11 heavy (non-hydrogen) atoms. The van der Waals surface area contributed by atoms with Gasteiger partial charge in [0.1, 0.15) is 0 Å². The average Bonchev–Trinajstić information content (AvgIpc) is 2.04. The first-order valence-electron chi connectivity index (χ1n) is 4.77. The van der Waals surface area contributed by atoms with Gasteiger partial charge in [-0.05, 0) is 25.8 Å². The lowest BCUT2D eigenvalue weighted by atomic mass is 10.1. The summed E-state index contributed by atoms with van der Waals surface area (Å²) in [5.74, 6) is 0. The summed E-state index contributed by atoms with van der Waals surface area (Å²) in [4.78, 5) is 0. The molecule has 0 saturated heterocycles. The second kappa shape index (κ2) is 8.02. The highest BCUT2D eigenvalue weighted by molar-refractivity contribution is 4.57. The van der Waals surface area contributed by atoms with E-state index in [2.05, 4.69) is 6.92 Å². The molecule has 0 aliphatic heterocycles. The molecule has 2 heteroatoms. The van der Waals surface area contributed by atoms with E-state index in [0.29, 0.717) is 6.04 Å². The number of hydrogen-bond acceptors (Lipinski definition) is 2. The molecule has 0 bridgehead atoms. The molecule has 0 radical (unpaired) electrons. The maximum absolute atomic E-state index is 5.76. The van der Waals surface area contributed by atoms with E-state index in [1.54, 1.807) is 0 Å². The molecule has 0 aliphatic carbocycles. The van der Waals surface area contributed by atoms with E-state index in [1.807, 2.05) is 0 Å². The fourth-order valence-electron chi connectivity index (χ4n) is 1.11. The van der Waals surface area contributed by atoms with Crippen molar-refractivity contribution in [2.75, 3.05) is 6.54 Å². The predicted molar refractivity (Wildman–Crippen MR) is 50.4 cm³/mol. The minimum atomic E-state index is 0.424. The molecule has 0 heterocycles. The first-order chi connectivity index (χ1) is 5.31. The normalized spacial score (nSPS) is 13.4. The van der Waals surface area contributed by atoms with Crippen LogP contribution in [0.4, 0.5) is 0 Å². The number of unbranched alkanes of at least 4 members (excludes halogenated alkanes) is 3. The Kier molecular flexibility index (Phi) is 7.96. The second-order valence-electron chi connectivity index (χ2n) is 3.16. The Morgan fingerprint density at radius 3 is 2.27 bits per heavy atom. The molecular formula is C9H22N2. The Labute approximate surface area is 70.3 Å². The molecule has 0 amide bonds. The summed E-state index contributed by atoms with van der Waals surface area (Å²) >= 11 is 0. The summed E-state index contributed by atoms with van der Waals surface area (Å²) in [5, 5.41) is 0. The predicted octanol–water partition coefficient (Wildman–Crippen LogP) is 1.63. The number of nitrogens with two attached hydrogens (primary N) is 2. The third kappa shape index (κ3) is 7.82. The van der Waals surface area contributed by atoms with Gasteiger partial charge in [-0.15, -0.1) is 0 Å². The van der Waals surface area contributed by atoms with Gasteiger partial charge in [0, 0.05) is 6.04 Å². The molecule has 0 aliphatic rings. The minimum absolute atomic E-state index is 0.424. The van der Waals surface area contributed by atoms with Crippen LogP contribution < -0.4 is 11.5 Å². The molecule has 2 nitrogen and oxygen atoms in total. The summed E-state index contributed by atoms with van der Waals surface area (Å²) in [6.07, 6.45) is 7.30. The molecule has 0 spiro atoms. The second-order valence-corrected chi connectivity index (χ2v) is 3.16. The van der Waals surface area contributed by atoms with Crippen LogP contribution in [-0.4, -0.2) is 12.6 Å². The Bertz CT molecular complexity index is 74.0. The van der Waals surface area contributed by atoms with Gasteiger partial charge in [0.15, 0.2) is 0 Å². The van der Waals surface area contributed by atoms with Crippen LogP contribution >= 0.6 is 0 Å². The fourth-order valence-corrected chi connectivity index (χ4v) is 1.11. The summed E-state index contributed by atoms with van der Waals surface area (Å²) in [6, 6.07) is 0.424.